The lowest BCUT2D eigenvalue weighted by molar-refractivity contribution is -0.0267. The highest BCUT2D eigenvalue weighted by Gasteiger charge is 2.47. The lowest BCUT2D eigenvalue weighted by Gasteiger charge is -2.53. The minimum Gasteiger partial charge on any atom is -0.508 e. The Labute approximate surface area is 140 Å². The van der Waals surface area contributed by atoms with Gasteiger partial charge in [0, 0.05) is 19.1 Å². The van der Waals surface area contributed by atoms with E-state index in [4.69, 9.17) is 0 Å². The summed E-state index contributed by atoms with van der Waals surface area (Å²) in [6.07, 6.45) is 5.28. The van der Waals surface area contributed by atoms with Gasteiger partial charge in [-0.15, -0.1) is 0 Å². The van der Waals surface area contributed by atoms with Gasteiger partial charge in [-0.05, 0) is 79.7 Å². The number of hydrogen-bond donors (Lipinski definition) is 1. The van der Waals surface area contributed by atoms with E-state index in [0.29, 0.717) is 5.75 Å². The van der Waals surface area contributed by atoms with Crippen LogP contribution in [-0.4, -0.2) is 29.1 Å². The van der Waals surface area contributed by atoms with Crippen molar-refractivity contribution in [2.45, 2.75) is 52.5 Å². The van der Waals surface area contributed by atoms with E-state index < -0.39 is 0 Å². The van der Waals surface area contributed by atoms with Crippen molar-refractivity contribution < 1.29 is 5.11 Å². The molecule has 124 valence electrons. The van der Waals surface area contributed by atoms with Gasteiger partial charge in [0.25, 0.3) is 0 Å². The van der Waals surface area contributed by atoms with Gasteiger partial charge in [0.05, 0.1) is 0 Å². The maximum absolute atomic E-state index is 9.96. The summed E-state index contributed by atoms with van der Waals surface area (Å²) in [5.41, 5.74) is 5.68. The molecule has 0 amide bonds. The third-order valence-electron chi connectivity index (χ3n) is 6.78. The number of phenols is 1. The number of fused-ring (bicyclic) bond motifs is 1. The third kappa shape index (κ3) is 2.42. The molecule has 5 atom stereocenters. The molecule has 1 aromatic rings. The summed E-state index contributed by atoms with van der Waals surface area (Å²) in [6.45, 7) is 9.43. The molecule has 4 bridgehead atoms. The predicted octanol–water partition coefficient (Wildman–Crippen LogP) is 4.61. The fraction of sp³-hybridized carbons (Fsp3) is 0.619. The Balaban J connectivity index is 1.78. The molecule has 0 radical (unpaired) electrons. The lowest BCUT2D eigenvalue weighted by atomic mass is 9.64. The minimum atomic E-state index is 0.395. The van der Waals surface area contributed by atoms with Crippen molar-refractivity contribution in [3.05, 3.63) is 34.9 Å². The van der Waals surface area contributed by atoms with Crippen LogP contribution < -0.4 is 0 Å². The Hall–Kier alpha value is -1.28. The fourth-order valence-electron chi connectivity index (χ4n) is 5.69. The van der Waals surface area contributed by atoms with E-state index in [-0.39, 0.29) is 0 Å². The number of piperidine rings is 2. The van der Waals surface area contributed by atoms with E-state index in [1.165, 1.54) is 49.1 Å². The topological polar surface area (TPSA) is 23.5 Å². The summed E-state index contributed by atoms with van der Waals surface area (Å²) in [5, 5.41) is 9.96. The molecule has 1 N–H and O–H groups in total. The SMILES string of the molecule is CC[C@H]1C[C@H]2C[C@H]3C(C)=C(c4cc(O)ccc4C)CCN(C2)C13. The highest BCUT2D eigenvalue weighted by molar-refractivity contribution is 5.72. The first-order chi connectivity index (χ1) is 11.1. The van der Waals surface area contributed by atoms with Crippen LogP contribution in [0.1, 0.15) is 50.7 Å². The van der Waals surface area contributed by atoms with E-state index >= 15 is 0 Å². The smallest absolute Gasteiger partial charge is 0.116 e. The Morgan fingerprint density at radius 2 is 2.04 bits per heavy atom. The quantitative estimate of drug-likeness (QED) is 0.862. The van der Waals surface area contributed by atoms with Crippen LogP contribution in [0.4, 0.5) is 0 Å². The van der Waals surface area contributed by atoms with Crippen molar-refractivity contribution in [1.82, 2.24) is 4.90 Å². The van der Waals surface area contributed by atoms with Crippen LogP contribution in [0.3, 0.4) is 0 Å². The van der Waals surface area contributed by atoms with E-state index in [2.05, 4.69) is 31.7 Å². The summed E-state index contributed by atoms with van der Waals surface area (Å²) < 4.78 is 0. The molecule has 0 spiro atoms. The molecule has 3 aliphatic heterocycles. The molecular formula is C21H29NO. The predicted molar refractivity (Wildman–Crippen MR) is 95.4 cm³/mol. The van der Waals surface area contributed by atoms with Crippen molar-refractivity contribution in [2.24, 2.45) is 17.8 Å². The van der Waals surface area contributed by atoms with Crippen LogP contribution in [0, 0.1) is 24.7 Å². The molecule has 2 nitrogen and oxygen atoms in total. The van der Waals surface area contributed by atoms with Gasteiger partial charge in [0.2, 0.25) is 0 Å². The molecule has 0 aromatic heterocycles. The second-order valence-electron chi connectivity index (χ2n) is 8.01. The normalized spacial score (nSPS) is 36.2. The Morgan fingerprint density at radius 1 is 1.22 bits per heavy atom. The van der Waals surface area contributed by atoms with E-state index in [0.717, 1.165) is 30.2 Å². The van der Waals surface area contributed by atoms with Crippen LogP contribution in [0.15, 0.2) is 23.8 Å². The van der Waals surface area contributed by atoms with Gasteiger partial charge < -0.3 is 5.11 Å². The second kappa shape index (κ2) is 5.66. The number of phenolic OH excluding ortho intramolecular Hbond substituents is 1. The van der Waals surface area contributed by atoms with Crippen LogP contribution in [0.2, 0.25) is 0 Å². The number of rotatable bonds is 2. The molecule has 2 unspecified atom stereocenters. The van der Waals surface area contributed by atoms with Crippen molar-refractivity contribution in [1.29, 1.82) is 0 Å². The first kappa shape index (κ1) is 15.3. The zero-order valence-electron chi connectivity index (χ0n) is 14.7. The molecule has 23 heavy (non-hydrogen) atoms. The van der Waals surface area contributed by atoms with Gasteiger partial charge in [-0.2, -0.15) is 0 Å². The van der Waals surface area contributed by atoms with Crippen LogP contribution in [0.25, 0.3) is 5.57 Å². The number of nitrogens with zero attached hydrogens (tertiary/aromatic N) is 1. The zero-order chi connectivity index (χ0) is 16.1. The molecule has 2 saturated heterocycles. The van der Waals surface area contributed by atoms with Crippen molar-refractivity contribution in [3.63, 3.8) is 0 Å². The first-order valence-electron chi connectivity index (χ1n) is 9.32. The van der Waals surface area contributed by atoms with Crippen LogP contribution in [0.5, 0.6) is 5.75 Å². The Kier molecular flexibility index (Phi) is 3.76. The van der Waals surface area contributed by atoms with Gasteiger partial charge >= 0.3 is 0 Å². The van der Waals surface area contributed by atoms with Crippen molar-refractivity contribution in [2.75, 3.05) is 13.1 Å². The minimum absolute atomic E-state index is 0.395. The van der Waals surface area contributed by atoms with Crippen LogP contribution in [-0.2, 0) is 0 Å². The first-order valence-corrected chi connectivity index (χ1v) is 9.32. The molecule has 1 saturated carbocycles. The highest BCUT2D eigenvalue weighted by Crippen LogP contribution is 2.50. The van der Waals surface area contributed by atoms with Crippen molar-refractivity contribution in [3.8, 4) is 5.75 Å². The molecule has 4 aliphatic rings. The number of benzene rings is 1. The van der Waals surface area contributed by atoms with E-state index in [1.807, 2.05) is 12.1 Å². The fourth-order valence-corrected chi connectivity index (χ4v) is 5.69. The average molecular weight is 311 g/mol. The Morgan fingerprint density at radius 3 is 2.83 bits per heavy atom. The molecule has 3 heterocycles. The van der Waals surface area contributed by atoms with Crippen molar-refractivity contribution >= 4 is 5.57 Å². The van der Waals surface area contributed by atoms with Crippen LogP contribution >= 0.6 is 0 Å². The average Bonchev–Trinajstić information content (AvgIpc) is 2.66. The summed E-state index contributed by atoms with van der Waals surface area (Å²) in [5.74, 6) is 2.90. The largest absolute Gasteiger partial charge is 0.508 e. The van der Waals surface area contributed by atoms with Gasteiger partial charge in [0.15, 0.2) is 0 Å². The van der Waals surface area contributed by atoms with Gasteiger partial charge in [0.1, 0.15) is 5.75 Å². The maximum atomic E-state index is 9.96. The zero-order valence-corrected chi connectivity index (χ0v) is 14.7. The molecule has 2 heteroatoms. The summed E-state index contributed by atoms with van der Waals surface area (Å²) >= 11 is 0. The number of aromatic hydroxyl groups is 1. The third-order valence-corrected chi connectivity index (χ3v) is 6.78. The van der Waals surface area contributed by atoms with Gasteiger partial charge in [-0.25, -0.2) is 0 Å². The van der Waals surface area contributed by atoms with E-state index in [1.54, 1.807) is 5.57 Å². The lowest BCUT2D eigenvalue weighted by Crippen LogP contribution is -2.57. The summed E-state index contributed by atoms with van der Waals surface area (Å²) in [7, 11) is 0. The van der Waals surface area contributed by atoms with Gasteiger partial charge in [-0.3, -0.25) is 4.90 Å². The maximum Gasteiger partial charge on any atom is 0.116 e. The molecular weight excluding hydrogens is 282 g/mol. The Bertz CT molecular complexity index is 647. The summed E-state index contributed by atoms with van der Waals surface area (Å²) in [6, 6.07) is 6.61. The highest BCUT2D eigenvalue weighted by atomic mass is 16.3. The molecule has 5 rings (SSSR count). The van der Waals surface area contributed by atoms with E-state index in [9.17, 15) is 5.11 Å². The molecule has 1 aliphatic carbocycles. The standard InChI is InChI=1S/C21H29NO/c1-4-16-9-15-10-20-14(3)18(7-8-22(12-15)21(16)20)19-11-17(23)6-5-13(19)2/h5-6,11,15-16,20-21,23H,4,7-10,12H2,1-3H3/t15-,16-,20-,21?/m0/s1. The molecule has 3 fully saturated rings. The monoisotopic (exact) mass is 311 g/mol. The second-order valence-corrected chi connectivity index (χ2v) is 8.01. The molecule has 1 aromatic carbocycles. The number of hydrogen-bond acceptors (Lipinski definition) is 2. The summed E-state index contributed by atoms with van der Waals surface area (Å²) in [4.78, 5) is 2.80. The number of aryl methyl sites for hydroxylation is 1. The van der Waals surface area contributed by atoms with Gasteiger partial charge in [-0.1, -0.05) is 25.0 Å².